The van der Waals surface area contributed by atoms with Crippen molar-refractivity contribution in [2.75, 3.05) is 14.1 Å². The van der Waals surface area contributed by atoms with Crippen molar-refractivity contribution in [3.8, 4) is 5.75 Å². The first-order valence-electron chi connectivity index (χ1n) is 11.0. The van der Waals surface area contributed by atoms with Gasteiger partial charge in [-0.1, -0.05) is 6.07 Å². The van der Waals surface area contributed by atoms with E-state index < -0.39 is 58.0 Å². The van der Waals surface area contributed by atoms with E-state index in [2.05, 4.69) is 5.32 Å². The van der Waals surface area contributed by atoms with Crippen LogP contribution >= 0.6 is 0 Å². The van der Waals surface area contributed by atoms with E-state index in [1.807, 2.05) is 0 Å². The van der Waals surface area contributed by atoms with Gasteiger partial charge in [0.1, 0.15) is 22.8 Å². The van der Waals surface area contributed by atoms with Gasteiger partial charge in [-0.05, 0) is 50.0 Å². The number of carbonyl (C=O) groups is 4. The van der Waals surface area contributed by atoms with Gasteiger partial charge in [0, 0.05) is 25.0 Å². The summed E-state index contributed by atoms with van der Waals surface area (Å²) >= 11 is 0. The van der Waals surface area contributed by atoms with Crippen LogP contribution in [0.25, 0.3) is 0 Å². The highest BCUT2D eigenvalue weighted by Crippen LogP contribution is 2.52. The summed E-state index contributed by atoms with van der Waals surface area (Å²) in [4.78, 5) is 51.7. The van der Waals surface area contributed by atoms with E-state index in [4.69, 9.17) is 5.73 Å². The Hall–Kier alpha value is -3.70. The van der Waals surface area contributed by atoms with Gasteiger partial charge < -0.3 is 31.5 Å². The number of nitrogens with two attached hydrogens (primary N) is 1. The van der Waals surface area contributed by atoms with Gasteiger partial charge in [-0.3, -0.25) is 24.1 Å². The van der Waals surface area contributed by atoms with E-state index >= 15 is 0 Å². The number of primary amides is 1. The summed E-state index contributed by atoms with van der Waals surface area (Å²) < 4.78 is 0. The molecule has 11 nitrogen and oxygen atoms in total. The zero-order valence-corrected chi connectivity index (χ0v) is 19.5. The highest BCUT2D eigenvalue weighted by Gasteiger charge is 2.63. The molecule has 0 heterocycles. The Morgan fingerprint density at radius 2 is 1.86 bits per heavy atom. The zero-order valence-electron chi connectivity index (χ0n) is 19.5. The van der Waals surface area contributed by atoms with Crippen LogP contribution in [0, 0.1) is 11.8 Å². The van der Waals surface area contributed by atoms with Crippen LogP contribution in [0.5, 0.6) is 5.75 Å². The minimum Gasteiger partial charge on any atom is -0.510 e. The Kier molecular flexibility index (Phi) is 5.73. The van der Waals surface area contributed by atoms with Crippen LogP contribution in [-0.4, -0.2) is 74.4 Å². The largest absolute Gasteiger partial charge is 0.510 e. The summed E-state index contributed by atoms with van der Waals surface area (Å²) in [6, 6.07) is 1.83. The molecule has 4 rings (SSSR count). The van der Waals surface area contributed by atoms with Crippen molar-refractivity contribution in [2.45, 2.75) is 38.0 Å². The van der Waals surface area contributed by atoms with Crippen molar-refractivity contribution >= 4 is 23.4 Å². The number of rotatable bonds is 4. The summed E-state index contributed by atoms with van der Waals surface area (Å²) in [6.07, 6.45) is 0.166. The minimum atomic E-state index is -2.67. The molecular weight excluding hydrogens is 458 g/mol. The second-order valence-electron chi connectivity index (χ2n) is 9.47. The molecule has 0 aromatic heterocycles. The van der Waals surface area contributed by atoms with Crippen molar-refractivity contribution in [1.29, 1.82) is 0 Å². The Labute approximate surface area is 200 Å². The highest BCUT2D eigenvalue weighted by molar-refractivity contribution is 6.24. The summed E-state index contributed by atoms with van der Waals surface area (Å²) in [6.45, 7) is 1.46. The van der Waals surface area contributed by atoms with Crippen LogP contribution in [0.1, 0.15) is 34.8 Å². The number of aliphatic hydroxyl groups is 3. The molecule has 0 spiro atoms. The number of fused-ring (bicyclic) bond motifs is 3. The number of aliphatic hydroxyl groups excluding tert-OH is 2. The van der Waals surface area contributed by atoms with Crippen molar-refractivity contribution in [3.63, 3.8) is 0 Å². The molecule has 0 saturated heterocycles. The Bertz CT molecular complexity index is 1250. The van der Waals surface area contributed by atoms with Gasteiger partial charge in [0.25, 0.3) is 5.91 Å². The van der Waals surface area contributed by atoms with E-state index in [-0.39, 0.29) is 42.2 Å². The topological polar surface area (TPSA) is 190 Å². The molecule has 0 saturated carbocycles. The molecule has 1 aromatic carbocycles. The lowest BCUT2D eigenvalue weighted by Crippen LogP contribution is -2.63. The number of hydrogen-bond acceptors (Lipinski definition) is 9. The van der Waals surface area contributed by atoms with E-state index in [0.29, 0.717) is 11.1 Å². The second kappa shape index (κ2) is 8.21. The average Bonchev–Trinajstić information content (AvgIpc) is 2.75. The van der Waals surface area contributed by atoms with E-state index in [1.54, 1.807) is 20.2 Å². The lowest BCUT2D eigenvalue weighted by Gasteiger charge is -2.50. The third-order valence-corrected chi connectivity index (χ3v) is 7.23. The summed E-state index contributed by atoms with van der Waals surface area (Å²) in [5.41, 5.74) is 2.56. The third kappa shape index (κ3) is 3.41. The Morgan fingerprint density at radius 3 is 2.43 bits per heavy atom. The monoisotopic (exact) mass is 485 g/mol. The number of ketones is 2. The molecule has 0 fully saturated rings. The first-order chi connectivity index (χ1) is 16.3. The number of phenols is 1. The van der Waals surface area contributed by atoms with Crippen LogP contribution in [0.2, 0.25) is 0 Å². The molecule has 4 atom stereocenters. The fourth-order valence-electron chi connectivity index (χ4n) is 5.70. The Morgan fingerprint density at radius 1 is 1.20 bits per heavy atom. The maximum absolute atomic E-state index is 13.5. The van der Waals surface area contributed by atoms with Gasteiger partial charge in [0.05, 0.1) is 11.6 Å². The number of amides is 2. The number of Topliss-reactive ketones (excluding diaryl/α,β-unsaturated/α-hetero) is 2. The second-order valence-corrected chi connectivity index (χ2v) is 9.47. The number of phenolic OH excluding ortho intramolecular Hbond substituents is 1. The van der Waals surface area contributed by atoms with Crippen LogP contribution in [0.3, 0.4) is 0 Å². The van der Waals surface area contributed by atoms with Gasteiger partial charge >= 0.3 is 0 Å². The van der Waals surface area contributed by atoms with Crippen LogP contribution in [-0.2, 0) is 27.3 Å². The third-order valence-electron chi connectivity index (χ3n) is 7.23. The maximum Gasteiger partial charge on any atom is 0.255 e. The molecule has 35 heavy (non-hydrogen) atoms. The molecule has 3 aliphatic rings. The number of aromatic hydroxyl groups is 1. The molecule has 2 amide bonds. The average molecular weight is 485 g/mol. The van der Waals surface area contributed by atoms with E-state index in [1.165, 1.54) is 17.9 Å². The van der Waals surface area contributed by atoms with Gasteiger partial charge in [-0.25, -0.2) is 0 Å². The summed E-state index contributed by atoms with van der Waals surface area (Å²) in [5, 5.41) is 46.7. The normalized spacial score (nSPS) is 28.0. The number of hydrogen-bond donors (Lipinski definition) is 6. The molecule has 7 N–H and O–H groups in total. The quantitative estimate of drug-likeness (QED) is 0.312. The molecule has 0 bridgehead atoms. The zero-order chi connectivity index (χ0) is 26.0. The predicted molar refractivity (Wildman–Crippen MR) is 121 cm³/mol. The number of carbonyl (C=O) groups excluding carboxylic acids is 4. The van der Waals surface area contributed by atoms with Crippen molar-refractivity contribution < 1.29 is 39.6 Å². The molecule has 3 aliphatic carbocycles. The van der Waals surface area contributed by atoms with Crippen molar-refractivity contribution in [1.82, 2.24) is 10.2 Å². The number of benzene rings is 1. The molecule has 1 aromatic rings. The molecule has 186 valence electrons. The van der Waals surface area contributed by atoms with Crippen LogP contribution in [0.15, 0.2) is 34.8 Å². The fraction of sp³-hybridized carbons (Fsp3) is 0.417. The van der Waals surface area contributed by atoms with Gasteiger partial charge in [0.15, 0.2) is 11.4 Å². The standard InChI is InChI=1S/C24H27N3O8/c1-9(28)26-8-10-4-5-14(29)16-12(10)6-11-7-13-18(27(2)3)20(31)17(23(25)34)22(33)24(13,35)21(32)15(11)19(16)30/h4-5,11,13,18,29,31-32,35H,6-8H2,1-3H3,(H2,25,34)(H,26,28)/t11?,13?,18?,24-/m0/s1. The van der Waals surface area contributed by atoms with Gasteiger partial charge in [0.2, 0.25) is 11.7 Å². The van der Waals surface area contributed by atoms with Crippen LogP contribution in [0.4, 0.5) is 0 Å². The molecule has 0 radical (unpaired) electrons. The number of nitrogens with one attached hydrogen (secondary N) is 1. The summed E-state index contributed by atoms with van der Waals surface area (Å²) in [5.74, 6) is -7.24. The molecule has 3 unspecified atom stereocenters. The smallest absolute Gasteiger partial charge is 0.255 e. The molecule has 11 heteroatoms. The fourth-order valence-corrected chi connectivity index (χ4v) is 5.70. The van der Waals surface area contributed by atoms with Crippen molar-refractivity contribution in [2.24, 2.45) is 17.6 Å². The van der Waals surface area contributed by atoms with E-state index in [9.17, 15) is 39.6 Å². The number of allylic oxidation sites excluding steroid dienone is 1. The van der Waals surface area contributed by atoms with Gasteiger partial charge in [-0.2, -0.15) is 0 Å². The number of likely N-dealkylation sites (N-methyl/N-ethyl adjacent to an activating group) is 1. The van der Waals surface area contributed by atoms with E-state index in [0.717, 1.165) is 0 Å². The summed E-state index contributed by atoms with van der Waals surface area (Å²) in [7, 11) is 3.13. The molecular formula is C24H27N3O8. The maximum atomic E-state index is 13.5. The Balaban J connectivity index is 1.91. The first kappa shape index (κ1) is 24.4. The lowest BCUT2D eigenvalue weighted by molar-refractivity contribution is -0.148. The van der Waals surface area contributed by atoms with Gasteiger partial charge in [-0.15, -0.1) is 0 Å². The first-order valence-corrected chi connectivity index (χ1v) is 11.0. The SMILES string of the molecule is CC(=O)NCc1ccc(O)c2c1CC1CC3C(N(C)C)C(O)=C(C(N)=O)C(=O)[C@@]3(O)C(O)=C1C2=O. The molecule has 0 aliphatic heterocycles. The highest BCUT2D eigenvalue weighted by atomic mass is 16.3. The van der Waals surface area contributed by atoms with Crippen molar-refractivity contribution in [3.05, 3.63) is 51.5 Å². The predicted octanol–water partition coefficient (Wildman–Crippen LogP) is -0.243. The lowest BCUT2D eigenvalue weighted by atomic mass is 9.58. The minimum absolute atomic E-state index is 0.000987. The number of nitrogens with zero attached hydrogens (tertiary/aromatic N) is 1. The van der Waals surface area contributed by atoms with Crippen LogP contribution < -0.4 is 11.1 Å².